The highest BCUT2D eigenvalue weighted by Gasteiger charge is 2.18. The molecule has 0 aliphatic carbocycles. The molecule has 0 fully saturated rings. The molecule has 2 aromatic rings. The number of nitrogens with zero attached hydrogens (tertiary/aromatic N) is 1. The van der Waals surface area contributed by atoms with Gasteiger partial charge in [-0.05, 0) is 36.4 Å². The molecular formula is C14H14F2N2. The summed E-state index contributed by atoms with van der Waals surface area (Å²) in [4.78, 5) is 4.04. The molecule has 94 valence electrons. The summed E-state index contributed by atoms with van der Waals surface area (Å²) in [6.45, 7) is 2.55. The minimum absolute atomic E-state index is 0.282. The second-order valence-corrected chi connectivity index (χ2v) is 3.92. The van der Waals surface area contributed by atoms with E-state index in [1.165, 1.54) is 30.5 Å². The predicted octanol–water partition coefficient (Wildman–Crippen LogP) is 3.06. The van der Waals surface area contributed by atoms with Crippen molar-refractivity contribution in [3.05, 3.63) is 65.5 Å². The fourth-order valence-corrected chi connectivity index (χ4v) is 1.87. The maximum atomic E-state index is 13.8. The van der Waals surface area contributed by atoms with Crippen LogP contribution in [0.4, 0.5) is 8.78 Å². The zero-order chi connectivity index (χ0) is 13.0. The van der Waals surface area contributed by atoms with Crippen molar-refractivity contribution in [3.63, 3.8) is 0 Å². The van der Waals surface area contributed by atoms with Gasteiger partial charge in [-0.25, -0.2) is 8.78 Å². The van der Waals surface area contributed by atoms with Gasteiger partial charge in [0.15, 0.2) is 0 Å². The largest absolute Gasteiger partial charge is 0.305 e. The van der Waals surface area contributed by atoms with Gasteiger partial charge in [-0.1, -0.05) is 19.1 Å². The summed E-state index contributed by atoms with van der Waals surface area (Å²) in [6.07, 6.45) is 1.53. The van der Waals surface area contributed by atoms with Crippen molar-refractivity contribution >= 4 is 0 Å². The molecule has 0 radical (unpaired) electrons. The summed E-state index contributed by atoms with van der Waals surface area (Å²) in [5.74, 6) is -0.737. The van der Waals surface area contributed by atoms with Crippen molar-refractivity contribution in [1.82, 2.24) is 10.3 Å². The van der Waals surface area contributed by atoms with Crippen molar-refractivity contribution in [1.29, 1.82) is 0 Å². The zero-order valence-corrected chi connectivity index (χ0v) is 10.0. The first-order valence-corrected chi connectivity index (χ1v) is 5.81. The Morgan fingerprint density at radius 2 is 2.06 bits per heavy atom. The Balaban J connectivity index is 2.43. The van der Waals surface area contributed by atoms with Crippen molar-refractivity contribution < 1.29 is 8.78 Å². The van der Waals surface area contributed by atoms with Crippen LogP contribution in [0.5, 0.6) is 0 Å². The van der Waals surface area contributed by atoms with E-state index >= 15 is 0 Å². The highest BCUT2D eigenvalue weighted by Crippen LogP contribution is 2.22. The van der Waals surface area contributed by atoms with Crippen LogP contribution in [0.15, 0.2) is 42.6 Å². The van der Waals surface area contributed by atoms with Gasteiger partial charge >= 0.3 is 0 Å². The smallest absolute Gasteiger partial charge is 0.146 e. The van der Waals surface area contributed by atoms with Crippen molar-refractivity contribution in [3.8, 4) is 0 Å². The molecule has 2 nitrogen and oxygen atoms in total. The minimum Gasteiger partial charge on any atom is -0.305 e. The maximum absolute atomic E-state index is 13.8. The van der Waals surface area contributed by atoms with Crippen molar-refractivity contribution in [2.24, 2.45) is 0 Å². The van der Waals surface area contributed by atoms with Crippen molar-refractivity contribution in [2.75, 3.05) is 6.54 Å². The number of hydrogen-bond acceptors (Lipinski definition) is 2. The molecule has 0 saturated heterocycles. The molecule has 1 aromatic heterocycles. The Labute approximate surface area is 105 Å². The zero-order valence-electron chi connectivity index (χ0n) is 10.0. The highest BCUT2D eigenvalue weighted by atomic mass is 19.1. The van der Waals surface area contributed by atoms with E-state index in [0.29, 0.717) is 12.1 Å². The van der Waals surface area contributed by atoms with E-state index in [9.17, 15) is 8.78 Å². The van der Waals surface area contributed by atoms with E-state index in [4.69, 9.17) is 0 Å². The van der Waals surface area contributed by atoms with Gasteiger partial charge in [-0.3, -0.25) is 4.98 Å². The molecule has 1 aromatic carbocycles. The summed E-state index contributed by atoms with van der Waals surface area (Å²) in [6, 6.07) is 8.56. The first kappa shape index (κ1) is 12.6. The molecule has 1 unspecified atom stereocenters. The molecule has 1 N–H and O–H groups in total. The molecule has 0 amide bonds. The molecular weight excluding hydrogens is 234 g/mol. The molecule has 1 atom stereocenters. The first-order valence-electron chi connectivity index (χ1n) is 5.81. The van der Waals surface area contributed by atoms with E-state index in [-0.39, 0.29) is 11.5 Å². The van der Waals surface area contributed by atoms with Gasteiger partial charge in [0.2, 0.25) is 0 Å². The number of halogens is 2. The van der Waals surface area contributed by atoms with E-state index in [1.807, 2.05) is 6.92 Å². The predicted molar refractivity (Wildman–Crippen MR) is 66.1 cm³/mol. The summed E-state index contributed by atoms with van der Waals surface area (Å²) in [5, 5.41) is 3.11. The Morgan fingerprint density at radius 1 is 1.22 bits per heavy atom. The maximum Gasteiger partial charge on any atom is 0.146 e. The number of aromatic nitrogens is 1. The van der Waals surface area contributed by atoms with Crippen LogP contribution in [0.2, 0.25) is 0 Å². The fourth-order valence-electron chi connectivity index (χ4n) is 1.87. The molecule has 1 heterocycles. The average Bonchev–Trinajstić information content (AvgIpc) is 2.37. The molecule has 0 aliphatic rings. The molecule has 0 saturated carbocycles. The van der Waals surface area contributed by atoms with Gasteiger partial charge in [0.05, 0.1) is 11.7 Å². The lowest BCUT2D eigenvalue weighted by Crippen LogP contribution is -2.24. The second-order valence-electron chi connectivity index (χ2n) is 3.92. The van der Waals surface area contributed by atoms with Crippen LogP contribution in [0.1, 0.15) is 24.2 Å². The third-order valence-electron chi connectivity index (χ3n) is 2.65. The Kier molecular flexibility index (Phi) is 3.99. The molecule has 18 heavy (non-hydrogen) atoms. The molecule has 0 bridgehead atoms. The van der Waals surface area contributed by atoms with Crippen LogP contribution in [0.3, 0.4) is 0 Å². The highest BCUT2D eigenvalue weighted by molar-refractivity contribution is 5.28. The molecule has 0 aliphatic heterocycles. The van der Waals surface area contributed by atoms with E-state index in [2.05, 4.69) is 10.3 Å². The quantitative estimate of drug-likeness (QED) is 0.899. The first-order chi connectivity index (χ1) is 8.72. The topological polar surface area (TPSA) is 24.9 Å². The number of nitrogens with one attached hydrogen (secondary N) is 1. The lowest BCUT2D eigenvalue weighted by atomic mass is 10.0. The van der Waals surface area contributed by atoms with Crippen LogP contribution in [0, 0.1) is 11.6 Å². The Morgan fingerprint density at radius 3 is 2.72 bits per heavy atom. The second kappa shape index (κ2) is 5.69. The average molecular weight is 248 g/mol. The Bertz CT molecular complexity index is 529. The van der Waals surface area contributed by atoms with Gasteiger partial charge in [-0.2, -0.15) is 0 Å². The minimum atomic E-state index is -0.438. The Hall–Kier alpha value is -1.81. The van der Waals surface area contributed by atoms with E-state index in [1.54, 1.807) is 12.1 Å². The number of pyridine rings is 1. The van der Waals surface area contributed by atoms with Crippen LogP contribution >= 0.6 is 0 Å². The van der Waals surface area contributed by atoms with Gasteiger partial charge in [0, 0.05) is 6.20 Å². The van der Waals surface area contributed by atoms with Crippen LogP contribution in [-0.4, -0.2) is 11.5 Å². The van der Waals surface area contributed by atoms with Crippen LogP contribution in [-0.2, 0) is 0 Å². The van der Waals surface area contributed by atoms with Crippen LogP contribution in [0.25, 0.3) is 0 Å². The molecule has 4 heteroatoms. The lowest BCUT2D eigenvalue weighted by Gasteiger charge is -2.18. The number of benzene rings is 1. The fraction of sp³-hybridized carbons (Fsp3) is 0.214. The van der Waals surface area contributed by atoms with Gasteiger partial charge < -0.3 is 5.32 Å². The van der Waals surface area contributed by atoms with Crippen molar-refractivity contribution in [2.45, 2.75) is 13.0 Å². The monoisotopic (exact) mass is 248 g/mol. The number of rotatable bonds is 4. The standard InChI is InChI=1S/C14H14F2N2/c1-2-17-13(10-5-3-6-11(15)9-10)14-12(16)7-4-8-18-14/h3-9,13,17H,2H2,1H3. The number of hydrogen-bond donors (Lipinski definition) is 1. The normalized spacial score (nSPS) is 12.4. The van der Waals surface area contributed by atoms with Gasteiger partial charge in [0.1, 0.15) is 11.6 Å². The lowest BCUT2D eigenvalue weighted by molar-refractivity contribution is 0.539. The molecule has 2 rings (SSSR count). The van der Waals surface area contributed by atoms with Crippen LogP contribution < -0.4 is 5.32 Å². The SMILES string of the molecule is CCNC(c1cccc(F)c1)c1ncccc1F. The summed E-state index contributed by atoms with van der Waals surface area (Å²) in [5.41, 5.74) is 0.944. The van der Waals surface area contributed by atoms with E-state index < -0.39 is 11.9 Å². The summed E-state index contributed by atoms with van der Waals surface area (Å²) < 4.78 is 27.0. The summed E-state index contributed by atoms with van der Waals surface area (Å²) in [7, 11) is 0. The molecule has 0 spiro atoms. The third kappa shape index (κ3) is 2.71. The summed E-state index contributed by atoms with van der Waals surface area (Å²) >= 11 is 0. The van der Waals surface area contributed by atoms with Gasteiger partial charge in [-0.15, -0.1) is 0 Å². The van der Waals surface area contributed by atoms with Gasteiger partial charge in [0.25, 0.3) is 0 Å². The van der Waals surface area contributed by atoms with E-state index in [0.717, 1.165) is 0 Å². The third-order valence-corrected chi connectivity index (χ3v) is 2.65.